The Hall–Kier alpha value is -1.03. The summed E-state index contributed by atoms with van der Waals surface area (Å²) >= 11 is 0. The number of hydrogen-bond donors (Lipinski definition) is 2. The van der Waals surface area contributed by atoms with Crippen LogP contribution in [0, 0.1) is 0 Å². The monoisotopic (exact) mass is 225 g/mol. The standard InChI is InChI=1S/C12H23N3O/c1-4-10(3)14-11-6-8-15(9-7-11)12(16)13-5-2/h4,10-11,14H,1,5-9H2,2-3H3,(H,13,16). The summed E-state index contributed by atoms with van der Waals surface area (Å²) in [6.07, 6.45) is 3.96. The number of urea groups is 1. The van der Waals surface area contributed by atoms with E-state index in [0.29, 0.717) is 18.6 Å². The molecule has 2 amide bonds. The Morgan fingerprint density at radius 1 is 1.56 bits per heavy atom. The van der Waals surface area contributed by atoms with E-state index in [1.54, 1.807) is 0 Å². The Balaban J connectivity index is 2.28. The van der Waals surface area contributed by atoms with E-state index in [9.17, 15) is 4.79 Å². The molecule has 1 rings (SSSR count). The van der Waals surface area contributed by atoms with Crippen LogP contribution in [0.15, 0.2) is 12.7 Å². The van der Waals surface area contributed by atoms with Gasteiger partial charge in [0.1, 0.15) is 0 Å². The summed E-state index contributed by atoms with van der Waals surface area (Å²) in [5, 5.41) is 6.32. The molecular weight excluding hydrogens is 202 g/mol. The zero-order chi connectivity index (χ0) is 12.0. The van der Waals surface area contributed by atoms with Gasteiger partial charge < -0.3 is 15.5 Å². The van der Waals surface area contributed by atoms with Crippen molar-refractivity contribution in [1.82, 2.24) is 15.5 Å². The first-order valence-electron chi connectivity index (χ1n) is 6.08. The van der Waals surface area contributed by atoms with Gasteiger partial charge in [0.15, 0.2) is 0 Å². The zero-order valence-electron chi connectivity index (χ0n) is 10.3. The van der Waals surface area contributed by atoms with Crippen LogP contribution in [0.25, 0.3) is 0 Å². The third-order valence-corrected chi connectivity index (χ3v) is 2.96. The number of likely N-dealkylation sites (tertiary alicyclic amines) is 1. The Labute approximate surface area is 98.1 Å². The maximum Gasteiger partial charge on any atom is 0.317 e. The van der Waals surface area contributed by atoms with E-state index in [1.165, 1.54) is 0 Å². The minimum absolute atomic E-state index is 0.0673. The van der Waals surface area contributed by atoms with Crippen molar-refractivity contribution in [3.63, 3.8) is 0 Å². The number of carbonyl (C=O) groups excluding carboxylic acids is 1. The second-order valence-electron chi connectivity index (χ2n) is 4.29. The van der Waals surface area contributed by atoms with E-state index in [1.807, 2.05) is 17.9 Å². The Kier molecular flexibility index (Phi) is 5.32. The van der Waals surface area contributed by atoms with Crippen molar-refractivity contribution in [3.05, 3.63) is 12.7 Å². The normalized spacial score (nSPS) is 19.2. The lowest BCUT2D eigenvalue weighted by molar-refractivity contribution is 0.176. The number of rotatable bonds is 4. The molecule has 2 N–H and O–H groups in total. The number of piperidine rings is 1. The Morgan fingerprint density at radius 3 is 2.69 bits per heavy atom. The molecule has 1 fully saturated rings. The Morgan fingerprint density at radius 2 is 2.19 bits per heavy atom. The van der Waals surface area contributed by atoms with E-state index in [0.717, 1.165) is 25.9 Å². The van der Waals surface area contributed by atoms with Gasteiger partial charge in [-0.25, -0.2) is 4.79 Å². The van der Waals surface area contributed by atoms with Crippen LogP contribution in [0.5, 0.6) is 0 Å². The molecule has 1 unspecified atom stereocenters. The Bertz CT molecular complexity index is 234. The molecule has 0 aromatic rings. The van der Waals surface area contributed by atoms with Gasteiger partial charge in [0, 0.05) is 31.7 Å². The van der Waals surface area contributed by atoms with Crippen molar-refractivity contribution in [2.75, 3.05) is 19.6 Å². The lowest BCUT2D eigenvalue weighted by Gasteiger charge is -2.33. The molecule has 1 aliphatic rings. The highest BCUT2D eigenvalue weighted by atomic mass is 16.2. The van der Waals surface area contributed by atoms with Gasteiger partial charge in [-0.05, 0) is 26.7 Å². The van der Waals surface area contributed by atoms with E-state index >= 15 is 0 Å². The molecule has 16 heavy (non-hydrogen) atoms. The molecule has 0 bridgehead atoms. The SMILES string of the molecule is C=CC(C)NC1CCN(C(=O)NCC)CC1. The molecule has 0 spiro atoms. The largest absolute Gasteiger partial charge is 0.338 e. The summed E-state index contributed by atoms with van der Waals surface area (Å²) in [4.78, 5) is 13.5. The van der Waals surface area contributed by atoms with Crippen LogP contribution in [-0.2, 0) is 0 Å². The van der Waals surface area contributed by atoms with E-state index < -0.39 is 0 Å². The summed E-state index contributed by atoms with van der Waals surface area (Å²) in [6.45, 7) is 10.2. The molecule has 92 valence electrons. The van der Waals surface area contributed by atoms with Crippen molar-refractivity contribution >= 4 is 6.03 Å². The second kappa shape index (κ2) is 6.53. The molecule has 4 nitrogen and oxygen atoms in total. The van der Waals surface area contributed by atoms with Gasteiger partial charge in [0.05, 0.1) is 0 Å². The number of amides is 2. The molecular formula is C12H23N3O. The molecule has 0 aliphatic carbocycles. The maximum atomic E-state index is 11.6. The van der Waals surface area contributed by atoms with Crippen LogP contribution in [-0.4, -0.2) is 42.6 Å². The summed E-state index contributed by atoms with van der Waals surface area (Å²) in [5.41, 5.74) is 0. The van der Waals surface area contributed by atoms with Gasteiger partial charge in [-0.3, -0.25) is 0 Å². The second-order valence-corrected chi connectivity index (χ2v) is 4.29. The molecule has 0 aromatic carbocycles. The highest BCUT2D eigenvalue weighted by Crippen LogP contribution is 2.11. The van der Waals surface area contributed by atoms with Gasteiger partial charge >= 0.3 is 6.03 Å². The van der Waals surface area contributed by atoms with Crippen LogP contribution in [0.2, 0.25) is 0 Å². The first kappa shape index (κ1) is 13.0. The number of nitrogens with zero attached hydrogens (tertiary/aromatic N) is 1. The maximum absolute atomic E-state index is 11.6. The van der Waals surface area contributed by atoms with Crippen LogP contribution in [0.1, 0.15) is 26.7 Å². The topological polar surface area (TPSA) is 44.4 Å². The molecule has 1 aliphatic heterocycles. The lowest BCUT2D eigenvalue weighted by Crippen LogP contribution is -2.49. The smallest absolute Gasteiger partial charge is 0.317 e. The van der Waals surface area contributed by atoms with Crippen LogP contribution < -0.4 is 10.6 Å². The van der Waals surface area contributed by atoms with Crippen LogP contribution in [0.3, 0.4) is 0 Å². The fraction of sp³-hybridized carbons (Fsp3) is 0.750. The fourth-order valence-electron chi connectivity index (χ4n) is 1.95. The van der Waals surface area contributed by atoms with Gasteiger partial charge in [0.2, 0.25) is 0 Å². The van der Waals surface area contributed by atoms with Crippen LogP contribution in [0.4, 0.5) is 4.79 Å². The van der Waals surface area contributed by atoms with Gasteiger partial charge in [-0.15, -0.1) is 6.58 Å². The molecule has 0 saturated carbocycles. The van der Waals surface area contributed by atoms with Crippen molar-refractivity contribution in [2.24, 2.45) is 0 Å². The van der Waals surface area contributed by atoms with Crippen LogP contribution >= 0.6 is 0 Å². The van der Waals surface area contributed by atoms with Crippen molar-refractivity contribution in [3.8, 4) is 0 Å². The molecule has 1 atom stereocenters. The summed E-state index contributed by atoms with van der Waals surface area (Å²) in [5.74, 6) is 0. The van der Waals surface area contributed by atoms with E-state index in [2.05, 4.69) is 24.1 Å². The summed E-state index contributed by atoms with van der Waals surface area (Å²) in [7, 11) is 0. The number of hydrogen-bond acceptors (Lipinski definition) is 2. The number of carbonyl (C=O) groups is 1. The zero-order valence-corrected chi connectivity index (χ0v) is 10.3. The molecule has 1 heterocycles. The van der Waals surface area contributed by atoms with Crippen molar-refractivity contribution in [1.29, 1.82) is 0 Å². The quantitative estimate of drug-likeness (QED) is 0.709. The van der Waals surface area contributed by atoms with E-state index in [-0.39, 0.29) is 6.03 Å². The third-order valence-electron chi connectivity index (χ3n) is 2.96. The highest BCUT2D eigenvalue weighted by Gasteiger charge is 2.22. The average Bonchev–Trinajstić information content (AvgIpc) is 2.30. The molecule has 0 radical (unpaired) electrons. The lowest BCUT2D eigenvalue weighted by atomic mass is 10.0. The minimum Gasteiger partial charge on any atom is -0.338 e. The third kappa shape index (κ3) is 3.85. The van der Waals surface area contributed by atoms with Crippen molar-refractivity contribution in [2.45, 2.75) is 38.8 Å². The van der Waals surface area contributed by atoms with E-state index in [4.69, 9.17) is 0 Å². The first-order valence-corrected chi connectivity index (χ1v) is 6.08. The number of nitrogens with one attached hydrogen (secondary N) is 2. The molecule has 4 heteroatoms. The van der Waals surface area contributed by atoms with Gasteiger partial charge in [-0.2, -0.15) is 0 Å². The average molecular weight is 225 g/mol. The molecule has 1 saturated heterocycles. The van der Waals surface area contributed by atoms with Gasteiger partial charge in [0.25, 0.3) is 0 Å². The predicted octanol–water partition coefficient (Wildman–Crippen LogP) is 1.34. The highest BCUT2D eigenvalue weighted by molar-refractivity contribution is 5.74. The fourth-order valence-corrected chi connectivity index (χ4v) is 1.95. The molecule has 0 aromatic heterocycles. The summed E-state index contributed by atoms with van der Waals surface area (Å²) < 4.78 is 0. The summed E-state index contributed by atoms with van der Waals surface area (Å²) in [6, 6.07) is 0.928. The van der Waals surface area contributed by atoms with Crippen molar-refractivity contribution < 1.29 is 4.79 Å². The first-order chi connectivity index (χ1) is 7.67. The van der Waals surface area contributed by atoms with Gasteiger partial charge in [-0.1, -0.05) is 6.08 Å². The minimum atomic E-state index is 0.0673. The predicted molar refractivity (Wildman–Crippen MR) is 66.5 cm³/mol.